The number of hydrogen-bond acceptors (Lipinski definition) is 4. The Balaban J connectivity index is 3.19. The Morgan fingerprint density at radius 2 is 2.19 bits per heavy atom. The molecule has 1 unspecified atom stereocenters. The fraction of sp³-hybridized carbons (Fsp3) is 0.273. The van der Waals surface area contributed by atoms with Gasteiger partial charge in [0.1, 0.15) is 5.92 Å². The lowest BCUT2D eigenvalue weighted by Gasteiger charge is -2.03. The van der Waals surface area contributed by atoms with Gasteiger partial charge in [0, 0.05) is 17.2 Å². The number of rotatable bonds is 3. The fourth-order valence-corrected chi connectivity index (χ4v) is 1.27. The van der Waals surface area contributed by atoms with Gasteiger partial charge < -0.3 is 0 Å². The minimum atomic E-state index is -0.790. The summed E-state index contributed by atoms with van der Waals surface area (Å²) in [7, 11) is 0. The van der Waals surface area contributed by atoms with E-state index in [2.05, 4.69) is 0 Å². The van der Waals surface area contributed by atoms with Crippen LogP contribution in [-0.2, 0) is 0 Å². The van der Waals surface area contributed by atoms with E-state index >= 15 is 0 Å². The second kappa shape index (κ2) is 4.53. The molecular formula is C11H10N2O3. The second-order valence-corrected chi connectivity index (χ2v) is 3.47. The third kappa shape index (κ3) is 2.23. The summed E-state index contributed by atoms with van der Waals surface area (Å²) in [5, 5.41) is 19.3. The van der Waals surface area contributed by atoms with E-state index in [0.29, 0.717) is 5.56 Å². The molecule has 1 atom stereocenters. The van der Waals surface area contributed by atoms with E-state index in [1.807, 2.05) is 6.07 Å². The van der Waals surface area contributed by atoms with E-state index in [1.54, 1.807) is 6.92 Å². The molecule has 0 spiro atoms. The van der Waals surface area contributed by atoms with Crippen LogP contribution in [0, 0.1) is 34.3 Å². The molecule has 5 nitrogen and oxygen atoms in total. The monoisotopic (exact) mass is 218 g/mol. The predicted molar refractivity (Wildman–Crippen MR) is 56.9 cm³/mol. The van der Waals surface area contributed by atoms with Crippen LogP contribution in [-0.4, -0.2) is 10.7 Å². The highest BCUT2D eigenvalue weighted by Gasteiger charge is 2.18. The molecular weight excluding hydrogens is 208 g/mol. The van der Waals surface area contributed by atoms with Crippen LogP contribution in [0.25, 0.3) is 0 Å². The number of nitrogens with zero attached hydrogens (tertiary/aromatic N) is 2. The summed E-state index contributed by atoms with van der Waals surface area (Å²) in [5.41, 5.74) is 0.591. The lowest BCUT2D eigenvalue weighted by Crippen LogP contribution is -2.09. The lowest BCUT2D eigenvalue weighted by atomic mass is 9.99. The van der Waals surface area contributed by atoms with Gasteiger partial charge in [0.15, 0.2) is 5.78 Å². The Bertz CT molecular complexity index is 488. The zero-order valence-corrected chi connectivity index (χ0v) is 8.93. The van der Waals surface area contributed by atoms with Gasteiger partial charge >= 0.3 is 0 Å². The molecule has 0 radical (unpaired) electrons. The molecule has 0 fully saturated rings. The zero-order valence-electron chi connectivity index (χ0n) is 8.93. The Morgan fingerprint density at radius 1 is 1.56 bits per heavy atom. The van der Waals surface area contributed by atoms with E-state index in [4.69, 9.17) is 5.26 Å². The van der Waals surface area contributed by atoms with Crippen molar-refractivity contribution in [3.05, 3.63) is 39.4 Å². The quantitative estimate of drug-likeness (QED) is 0.442. The maximum Gasteiger partial charge on any atom is 0.273 e. The molecule has 0 heterocycles. The Morgan fingerprint density at radius 3 is 2.69 bits per heavy atom. The third-order valence-electron chi connectivity index (χ3n) is 2.28. The summed E-state index contributed by atoms with van der Waals surface area (Å²) in [4.78, 5) is 21.7. The highest BCUT2D eigenvalue weighted by atomic mass is 16.6. The van der Waals surface area contributed by atoms with Crippen molar-refractivity contribution in [3.63, 3.8) is 0 Å². The standard InChI is InChI=1S/C11H10N2O3/c1-7-3-4-9(5-10(7)13(15)16)11(14)8(2)6-12/h3-5,8H,1-2H3. The summed E-state index contributed by atoms with van der Waals surface area (Å²) in [6, 6.07) is 6.03. The first-order valence-corrected chi connectivity index (χ1v) is 4.66. The summed E-state index contributed by atoms with van der Waals surface area (Å²) >= 11 is 0. The molecule has 0 aromatic heterocycles. The summed E-state index contributed by atoms with van der Waals surface area (Å²) in [6.45, 7) is 3.06. The number of Topliss-reactive ketones (excluding diaryl/α,β-unsaturated/α-hetero) is 1. The first kappa shape index (κ1) is 11.9. The number of nitro benzene ring substituents is 1. The van der Waals surface area contributed by atoms with Gasteiger partial charge in [-0.25, -0.2) is 0 Å². The second-order valence-electron chi connectivity index (χ2n) is 3.47. The van der Waals surface area contributed by atoms with Crippen molar-refractivity contribution in [2.75, 3.05) is 0 Å². The molecule has 1 aromatic rings. The minimum absolute atomic E-state index is 0.101. The maximum atomic E-state index is 11.6. The molecule has 16 heavy (non-hydrogen) atoms. The lowest BCUT2D eigenvalue weighted by molar-refractivity contribution is -0.385. The van der Waals surface area contributed by atoms with Crippen molar-refractivity contribution in [1.29, 1.82) is 5.26 Å². The van der Waals surface area contributed by atoms with Crippen LogP contribution in [0.4, 0.5) is 5.69 Å². The van der Waals surface area contributed by atoms with Crippen LogP contribution in [0.3, 0.4) is 0 Å². The molecule has 5 heteroatoms. The van der Waals surface area contributed by atoms with Gasteiger partial charge in [-0.3, -0.25) is 14.9 Å². The van der Waals surface area contributed by atoms with E-state index in [-0.39, 0.29) is 11.3 Å². The maximum absolute atomic E-state index is 11.6. The number of nitro groups is 1. The first-order valence-electron chi connectivity index (χ1n) is 4.66. The molecule has 0 aliphatic carbocycles. The predicted octanol–water partition coefficient (Wildman–Crippen LogP) is 2.25. The number of benzene rings is 1. The number of hydrogen-bond donors (Lipinski definition) is 0. The highest BCUT2D eigenvalue weighted by Crippen LogP contribution is 2.20. The molecule has 1 rings (SSSR count). The Labute approximate surface area is 92.5 Å². The smallest absolute Gasteiger partial charge is 0.273 e. The minimum Gasteiger partial charge on any atom is -0.293 e. The number of nitriles is 1. The zero-order chi connectivity index (χ0) is 12.3. The number of carbonyl (C=O) groups is 1. The van der Waals surface area contributed by atoms with Crippen molar-refractivity contribution < 1.29 is 9.72 Å². The van der Waals surface area contributed by atoms with Crippen LogP contribution < -0.4 is 0 Å². The number of carbonyl (C=O) groups excluding carboxylic acids is 1. The summed E-state index contributed by atoms with van der Waals surface area (Å²) < 4.78 is 0. The number of ketones is 1. The molecule has 0 bridgehead atoms. The molecule has 0 amide bonds. The van der Waals surface area contributed by atoms with Crippen LogP contribution in [0.15, 0.2) is 18.2 Å². The van der Waals surface area contributed by atoms with Gasteiger partial charge in [0.2, 0.25) is 0 Å². The average Bonchev–Trinajstić information content (AvgIpc) is 2.27. The van der Waals surface area contributed by atoms with Crippen LogP contribution >= 0.6 is 0 Å². The molecule has 0 aliphatic rings. The van der Waals surface area contributed by atoms with E-state index in [1.165, 1.54) is 25.1 Å². The van der Waals surface area contributed by atoms with E-state index in [0.717, 1.165) is 0 Å². The van der Waals surface area contributed by atoms with Gasteiger partial charge in [-0.05, 0) is 13.8 Å². The molecule has 82 valence electrons. The van der Waals surface area contributed by atoms with Crippen molar-refractivity contribution in [2.24, 2.45) is 5.92 Å². The van der Waals surface area contributed by atoms with Gasteiger partial charge in [-0.1, -0.05) is 12.1 Å². The third-order valence-corrected chi connectivity index (χ3v) is 2.28. The van der Waals surface area contributed by atoms with E-state index < -0.39 is 16.6 Å². The Hall–Kier alpha value is -2.22. The fourth-order valence-electron chi connectivity index (χ4n) is 1.27. The van der Waals surface area contributed by atoms with E-state index in [9.17, 15) is 14.9 Å². The first-order chi connectivity index (χ1) is 7.47. The highest BCUT2D eigenvalue weighted by molar-refractivity contribution is 5.99. The normalized spacial score (nSPS) is 11.6. The van der Waals surface area contributed by atoms with Crippen molar-refractivity contribution in [3.8, 4) is 6.07 Å². The topological polar surface area (TPSA) is 84.0 Å². The molecule has 0 N–H and O–H groups in total. The Kier molecular flexibility index (Phi) is 3.36. The average molecular weight is 218 g/mol. The van der Waals surface area contributed by atoms with Crippen LogP contribution in [0.1, 0.15) is 22.8 Å². The summed E-state index contributed by atoms with van der Waals surface area (Å²) in [6.07, 6.45) is 0. The largest absolute Gasteiger partial charge is 0.293 e. The molecule has 1 aromatic carbocycles. The van der Waals surface area contributed by atoms with Crippen LogP contribution in [0.2, 0.25) is 0 Å². The summed E-state index contributed by atoms with van der Waals surface area (Å²) in [5.74, 6) is -1.19. The van der Waals surface area contributed by atoms with Crippen molar-refractivity contribution in [2.45, 2.75) is 13.8 Å². The van der Waals surface area contributed by atoms with Gasteiger partial charge in [0.05, 0.1) is 11.0 Å². The SMILES string of the molecule is Cc1ccc(C(=O)C(C)C#N)cc1[N+](=O)[O-]. The van der Waals surface area contributed by atoms with Crippen LogP contribution in [0.5, 0.6) is 0 Å². The molecule has 0 aliphatic heterocycles. The molecule has 0 saturated heterocycles. The van der Waals surface area contributed by atoms with Crippen molar-refractivity contribution in [1.82, 2.24) is 0 Å². The van der Waals surface area contributed by atoms with Gasteiger partial charge in [-0.2, -0.15) is 5.26 Å². The van der Waals surface area contributed by atoms with Gasteiger partial charge in [-0.15, -0.1) is 0 Å². The number of aryl methyl sites for hydroxylation is 1. The van der Waals surface area contributed by atoms with Gasteiger partial charge in [0.25, 0.3) is 5.69 Å². The van der Waals surface area contributed by atoms with Crippen molar-refractivity contribution >= 4 is 11.5 Å². The molecule has 0 saturated carbocycles.